The van der Waals surface area contributed by atoms with E-state index in [1.54, 1.807) is 6.07 Å². The van der Waals surface area contributed by atoms with Crippen molar-refractivity contribution >= 4 is 33.3 Å². The minimum atomic E-state index is -5.08. The fourth-order valence-electron chi connectivity index (χ4n) is 5.59. The molecule has 1 heterocycles. The van der Waals surface area contributed by atoms with E-state index < -0.39 is 79.3 Å². The van der Waals surface area contributed by atoms with Gasteiger partial charge in [-0.05, 0) is 43.0 Å². The third-order valence-electron chi connectivity index (χ3n) is 7.59. The summed E-state index contributed by atoms with van der Waals surface area (Å²) < 4.78 is 75.0. The van der Waals surface area contributed by atoms with Crippen LogP contribution in [0.5, 0.6) is 0 Å². The van der Waals surface area contributed by atoms with Crippen molar-refractivity contribution < 1.29 is 41.0 Å². The molecule has 2 aliphatic carbocycles. The summed E-state index contributed by atoms with van der Waals surface area (Å²) in [7, 11) is -3.65. The summed E-state index contributed by atoms with van der Waals surface area (Å²) in [5.41, 5.74) is 0.293. The van der Waals surface area contributed by atoms with Gasteiger partial charge in [-0.3, -0.25) is 14.6 Å². The lowest BCUT2D eigenvalue weighted by Crippen LogP contribution is -2.44. The van der Waals surface area contributed by atoms with Crippen LogP contribution < -0.4 is 5.73 Å². The average Bonchev–Trinajstić information content (AvgIpc) is 3.48. The molecule has 2 saturated carbocycles. The SMILES string of the molecule is CO[C@@H]1C[C@H](S(=O)(=O)c2ccc(-c3cncc(Cl)c3)cc2C(F)(F)F)C[C@@]1(C(=O)O)C1CC1(C#N)C(N)=O. The number of benzene rings is 1. The number of sulfone groups is 1. The zero-order valence-electron chi connectivity index (χ0n) is 19.7. The molecule has 202 valence electrons. The first-order chi connectivity index (χ1) is 17.6. The summed E-state index contributed by atoms with van der Waals surface area (Å²) in [4.78, 5) is 27.3. The number of aliphatic carboxylic acids is 1. The third kappa shape index (κ3) is 4.20. The van der Waals surface area contributed by atoms with Crippen molar-refractivity contribution in [2.75, 3.05) is 7.11 Å². The van der Waals surface area contributed by atoms with Crippen LogP contribution in [0.25, 0.3) is 11.1 Å². The maximum absolute atomic E-state index is 14.1. The Bertz CT molecular complexity index is 1480. The monoisotopic (exact) mass is 571 g/mol. The van der Waals surface area contributed by atoms with E-state index in [1.165, 1.54) is 24.5 Å². The first-order valence-electron chi connectivity index (χ1n) is 11.2. The molecule has 3 N–H and O–H groups in total. The van der Waals surface area contributed by atoms with E-state index in [-0.39, 0.29) is 22.6 Å². The Morgan fingerprint density at radius 2 is 1.92 bits per heavy atom. The lowest BCUT2D eigenvalue weighted by molar-refractivity contribution is -0.159. The van der Waals surface area contributed by atoms with Gasteiger partial charge in [0.15, 0.2) is 9.84 Å². The molecule has 2 unspecified atom stereocenters. The van der Waals surface area contributed by atoms with E-state index in [2.05, 4.69) is 4.98 Å². The number of hydrogen-bond donors (Lipinski definition) is 2. The van der Waals surface area contributed by atoms with Gasteiger partial charge in [0.1, 0.15) is 10.8 Å². The van der Waals surface area contributed by atoms with Crippen molar-refractivity contribution in [1.82, 2.24) is 4.98 Å². The Morgan fingerprint density at radius 3 is 2.42 bits per heavy atom. The summed E-state index contributed by atoms with van der Waals surface area (Å²) in [5, 5.41) is 18.3. The molecule has 5 atom stereocenters. The highest BCUT2D eigenvalue weighted by atomic mass is 35.5. The summed E-state index contributed by atoms with van der Waals surface area (Å²) >= 11 is 5.89. The molecule has 1 amide bonds. The van der Waals surface area contributed by atoms with Gasteiger partial charge in [-0.2, -0.15) is 18.4 Å². The van der Waals surface area contributed by atoms with Gasteiger partial charge in [-0.1, -0.05) is 17.7 Å². The van der Waals surface area contributed by atoms with Crippen molar-refractivity contribution in [3.05, 3.63) is 47.2 Å². The highest BCUT2D eigenvalue weighted by Crippen LogP contribution is 2.66. The van der Waals surface area contributed by atoms with Gasteiger partial charge < -0.3 is 15.6 Å². The highest BCUT2D eigenvalue weighted by Gasteiger charge is 2.75. The Hall–Kier alpha value is -3.21. The number of carbonyl (C=O) groups excluding carboxylic acids is 1. The molecular weight excluding hydrogens is 551 g/mol. The van der Waals surface area contributed by atoms with Gasteiger partial charge in [0, 0.05) is 31.0 Å². The quantitative estimate of drug-likeness (QED) is 0.511. The van der Waals surface area contributed by atoms with Gasteiger partial charge in [0.2, 0.25) is 5.91 Å². The zero-order valence-corrected chi connectivity index (χ0v) is 21.3. The standard InChI is InChI=1S/C24H21ClF3N3O6S/c1-37-19-6-15(7-23(19,21(33)34)18-8-22(18,11-29)20(30)32)38(35,36)17-3-2-12(5-16(17)24(26,27)28)13-4-14(25)10-31-9-13/h2-5,9-10,15,18-19H,6-8H2,1H3,(H2,30,32)(H,33,34)/t15-,18?,19+,22?,23+/m0/s1. The first kappa shape index (κ1) is 27.8. The number of methoxy groups -OCH3 is 1. The number of alkyl halides is 3. The largest absolute Gasteiger partial charge is 0.481 e. The molecule has 0 bridgehead atoms. The van der Waals surface area contributed by atoms with Gasteiger partial charge in [-0.15, -0.1) is 0 Å². The van der Waals surface area contributed by atoms with E-state index in [4.69, 9.17) is 22.1 Å². The van der Waals surface area contributed by atoms with Crippen LogP contribution in [-0.2, 0) is 30.3 Å². The smallest absolute Gasteiger partial charge is 0.417 e. The van der Waals surface area contributed by atoms with Crippen LogP contribution in [-0.4, -0.2) is 48.8 Å². The van der Waals surface area contributed by atoms with Gasteiger partial charge in [0.25, 0.3) is 0 Å². The van der Waals surface area contributed by atoms with Crippen molar-refractivity contribution in [1.29, 1.82) is 5.26 Å². The van der Waals surface area contributed by atoms with Crippen LogP contribution in [0.4, 0.5) is 13.2 Å². The number of nitriles is 1. The van der Waals surface area contributed by atoms with Crippen molar-refractivity contribution in [3.63, 3.8) is 0 Å². The number of rotatable bonds is 7. The van der Waals surface area contributed by atoms with E-state index in [1.807, 2.05) is 0 Å². The second kappa shape index (κ2) is 9.21. The number of carboxylic acid groups (broad SMARTS) is 1. The summed E-state index contributed by atoms with van der Waals surface area (Å²) in [6.07, 6.45) is -5.17. The van der Waals surface area contributed by atoms with Crippen LogP contribution in [0.3, 0.4) is 0 Å². The molecule has 38 heavy (non-hydrogen) atoms. The molecule has 1 aromatic heterocycles. The Balaban J connectivity index is 1.80. The number of carbonyl (C=O) groups is 2. The van der Waals surface area contributed by atoms with Crippen molar-refractivity contribution in [2.45, 2.75) is 41.7 Å². The normalized spacial score (nSPS) is 29.0. The fourth-order valence-corrected chi connectivity index (χ4v) is 7.78. The molecule has 9 nitrogen and oxygen atoms in total. The number of nitrogens with zero attached hydrogens (tertiary/aromatic N) is 2. The predicted octanol–water partition coefficient (Wildman–Crippen LogP) is 3.46. The Labute approximate surface area is 220 Å². The summed E-state index contributed by atoms with van der Waals surface area (Å²) in [6, 6.07) is 5.77. The Morgan fingerprint density at radius 1 is 1.24 bits per heavy atom. The summed E-state index contributed by atoms with van der Waals surface area (Å²) in [6.45, 7) is 0. The molecule has 1 aromatic carbocycles. The topological polar surface area (TPSA) is 160 Å². The molecule has 0 radical (unpaired) electrons. The van der Waals surface area contributed by atoms with E-state index in [0.29, 0.717) is 6.07 Å². The van der Waals surface area contributed by atoms with Crippen LogP contribution in [0, 0.1) is 28.1 Å². The van der Waals surface area contributed by atoms with Crippen LogP contribution in [0.2, 0.25) is 5.02 Å². The van der Waals surface area contributed by atoms with Gasteiger partial charge in [-0.25, -0.2) is 8.42 Å². The molecule has 0 aliphatic heterocycles. The predicted molar refractivity (Wildman–Crippen MR) is 126 cm³/mol. The molecule has 14 heteroatoms. The van der Waals surface area contributed by atoms with Crippen molar-refractivity contribution in [2.24, 2.45) is 22.5 Å². The number of pyridine rings is 1. The molecule has 2 fully saturated rings. The third-order valence-corrected chi connectivity index (χ3v) is 10.0. The number of amides is 1. The first-order valence-corrected chi connectivity index (χ1v) is 13.1. The number of nitrogens with two attached hydrogens (primary N) is 1. The lowest BCUT2D eigenvalue weighted by atomic mass is 9.75. The number of hydrogen-bond acceptors (Lipinski definition) is 7. The van der Waals surface area contributed by atoms with Gasteiger partial charge >= 0.3 is 12.1 Å². The highest BCUT2D eigenvalue weighted by molar-refractivity contribution is 7.92. The Kier molecular flexibility index (Phi) is 6.75. The number of halogens is 4. The molecule has 0 spiro atoms. The van der Waals surface area contributed by atoms with E-state index in [9.17, 15) is 41.5 Å². The summed E-state index contributed by atoms with van der Waals surface area (Å²) in [5.74, 6) is -3.75. The van der Waals surface area contributed by atoms with Crippen molar-refractivity contribution in [3.8, 4) is 17.2 Å². The van der Waals surface area contributed by atoms with E-state index >= 15 is 0 Å². The van der Waals surface area contributed by atoms with Gasteiger partial charge in [0.05, 0.1) is 32.9 Å². The maximum atomic E-state index is 14.1. The number of aromatic nitrogens is 1. The molecular formula is C24H21ClF3N3O6S. The molecule has 2 aliphatic rings. The minimum Gasteiger partial charge on any atom is -0.481 e. The lowest BCUT2D eigenvalue weighted by Gasteiger charge is -2.31. The number of ether oxygens (including phenoxy) is 1. The minimum absolute atomic E-state index is 0.0191. The number of primary amides is 1. The molecule has 4 rings (SSSR count). The number of carboxylic acids is 1. The van der Waals surface area contributed by atoms with Crippen LogP contribution in [0.15, 0.2) is 41.6 Å². The zero-order chi connectivity index (χ0) is 28.3. The fraction of sp³-hybridized carbons (Fsp3) is 0.417. The maximum Gasteiger partial charge on any atom is 0.417 e. The second-order valence-electron chi connectivity index (χ2n) is 9.48. The van der Waals surface area contributed by atoms with Crippen LogP contribution >= 0.6 is 11.6 Å². The second-order valence-corrected chi connectivity index (χ2v) is 12.1. The molecule has 0 saturated heterocycles. The van der Waals surface area contributed by atoms with Crippen LogP contribution in [0.1, 0.15) is 24.8 Å². The molecule has 2 aromatic rings. The average molecular weight is 572 g/mol. The van der Waals surface area contributed by atoms with E-state index in [0.717, 1.165) is 13.2 Å².